The van der Waals surface area contributed by atoms with Crippen molar-refractivity contribution in [3.63, 3.8) is 0 Å². The van der Waals surface area contributed by atoms with E-state index in [1.807, 2.05) is 32.0 Å². The Morgan fingerprint density at radius 3 is 2.80 bits per heavy atom. The summed E-state index contributed by atoms with van der Waals surface area (Å²) in [6.45, 7) is 3.90. The summed E-state index contributed by atoms with van der Waals surface area (Å²) >= 11 is 0. The first kappa shape index (κ1) is 9.71. The zero-order valence-electron chi connectivity index (χ0n) is 8.74. The van der Waals surface area contributed by atoms with Gasteiger partial charge in [0.25, 0.3) is 0 Å². The highest BCUT2D eigenvalue weighted by atomic mass is 16.5. The Kier molecular flexibility index (Phi) is 2.19. The Balaban J connectivity index is 2.51. The molecule has 0 radical (unpaired) electrons. The number of amidine groups is 2. The van der Waals surface area contributed by atoms with Gasteiger partial charge < -0.3 is 10.5 Å². The minimum atomic E-state index is 0.0825. The fourth-order valence-electron chi connectivity index (χ4n) is 1.58. The summed E-state index contributed by atoms with van der Waals surface area (Å²) in [5.41, 5.74) is 7.23. The Hall–Kier alpha value is -1.84. The fraction of sp³-hybridized carbons (Fsp3) is 0.273. The number of hydrogen-bond acceptors (Lipinski definition) is 3. The number of nitrogens with two attached hydrogens (primary N) is 1. The van der Waals surface area contributed by atoms with Crippen LogP contribution in [-0.4, -0.2) is 17.8 Å². The van der Waals surface area contributed by atoms with Crippen LogP contribution in [-0.2, 0) is 0 Å². The zero-order chi connectivity index (χ0) is 11.0. The minimum absolute atomic E-state index is 0.0825. The molecular weight excluding hydrogens is 190 g/mol. The van der Waals surface area contributed by atoms with E-state index in [0.29, 0.717) is 11.6 Å². The molecular formula is C11H13N3O. The molecule has 1 heterocycles. The van der Waals surface area contributed by atoms with E-state index in [1.165, 1.54) is 0 Å². The molecule has 0 unspecified atom stereocenters. The van der Waals surface area contributed by atoms with Crippen molar-refractivity contribution in [2.24, 2.45) is 10.7 Å². The Labute approximate surface area is 88.3 Å². The highest BCUT2D eigenvalue weighted by molar-refractivity contribution is 6.22. The first-order valence-electron chi connectivity index (χ1n) is 4.82. The zero-order valence-corrected chi connectivity index (χ0v) is 8.74. The quantitative estimate of drug-likeness (QED) is 0.764. The fourth-order valence-corrected chi connectivity index (χ4v) is 1.58. The molecule has 0 bridgehead atoms. The molecule has 3 N–H and O–H groups in total. The molecule has 4 heteroatoms. The third kappa shape index (κ3) is 1.58. The second-order valence-corrected chi connectivity index (χ2v) is 3.69. The summed E-state index contributed by atoms with van der Waals surface area (Å²) in [6, 6.07) is 5.52. The molecule has 2 rings (SSSR count). The van der Waals surface area contributed by atoms with Crippen molar-refractivity contribution in [1.82, 2.24) is 0 Å². The van der Waals surface area contributed by atoms with Crippen molar-refractivity contribution >= 4 is 11.7 Å². The second-order valence-electron chi connectivity index (χ2n) is 3.69. The molecule has 15 heavy (non-hydrogen) atoms. The molecule has 0 amide bonds. The van der Waals surface area contributed by atoms with E-state index in [-0.39, 0.29) is 11.9 Å². The smallest absolute Gasteiger partial charge is 0.155 e. The largest absolute Gasteiger partial charge is 0.490 e. The molecule has 78 valence electrons. The molecule has 1 aliphatic heterocycles. The number of ether oxygens (including phenoxy) is 1. The second kappa shape index (κ2) is 3.38. The minimum Gasteiger partial charge on any atom is -0.490 e. The molecule has 0 atom stereocenters. The highest BCUT2D eigenvalue weighted by Crippen LogP contribution is 2.27. The standard InChI is InChI=1S/C11H13N3O/c1-6(2)15-8-5-3-4-7-9(8)11(13)14-10(7)12/h3-6H,1-2H3,(H3,12,13,14). The number of rotatable bonds is 2. The summed E-state index contributed by atoms with van der Waals surface area (Å²) < 4.78 is 5.62. The third-order valence-corrected chi connectivity index (χ3v) is 2.13. The molecule has 0 fully saturated rings. The van der Waals surface area contributed by atoms with Gasteiger partial charge in [-0.3, -0.25) is 5.41 Å². The number of nitrogens with one attached hydrogen (secondary N) is 1. The van der Waals surface area contributed by atoms with Crippen LogP contribution in [0.25, 0.3) is 0 Å². The average Bonchev–Trinajstić information content (AvgIpc) is 2.43. The maximum absolute atomic E-state index is 7.62. The van der Waals surface area contributed by atoms with Crippen LogP contribution in [0.5, 0.6) is 5.75 Å². The van der Waals surface area contributed by atoms with Crippen molar-refractivity contribution in [3.8, 4) is 5.75 Å². The molecule has 0 saturated heterocycles. The maximum Gasteiger partial charge on any atom is 0.155 e. The van der Waals surface area contributed by atoms with Gasteiger partial charge in [-0.15, -0.1) is 0 Å². The average molecular weight is 203 g/mol. The SMILES string of the molecule is CC(C)Oc1cccc2c1C(N)=NC2=N. The van der Waals surface area contributed by atoms with E-state index in [2.05, 4.69) is 4.99 Å². The lowest BCUT2D eigenvalue weighted by Gasteiger charge is -2.13. The van der Waals surface area contributed by atoms with Gasteiger partial charge >= 0.3 is 0 Å². The van der Waals surface area contributed by atoms with Crippen molar-refractivity contribution in [2.45, 2.75) is 20.0 Å². The number of aliphatic imine (C=N–C) groups is 1. The summed E-state index contributed by atoms with van der Waals surface area (Å²) in [4.78, 5) is 3.92. The van der Waals surface area contributed by atoms with E-state index < -0.39 is 0 Å². The maximum atomic E-state index is 7.62. The first-order chi connectivity index (χ1) is 7.09. The molecule has 1 aromatic carbocycles. The predicted molar refractivity (Wildman–Crippen MR) is 59.8 cm³/mol. The van der Waals surface area contributed by atoms with E-state index in [1.54, 1.807) is 0 Å². The number of fused-ring (bicyclic) bond motifs is 1. The monoisotopic (exact) mass is 203 g/mol. The lowest BCUT2D eigenvalue weighted by Crippen LogP contribution is -2.15. The summed E-state index contributed by atoms with van der Waals surface area (Å²) in [6.07, 6.45) is 0.0825. The van der Waals surface area contributed by atoms with Crippen LogP contribution >= 0.6 is 0 Å². The summed E-state index contributed by atoms with van der Waals surface area (Å²) in [7, 11) is 0. The Morgan fingerprint density at radius 2 is 2.13 bits per heavy atom. The van der Waals surface area contributed by atoms with Gasteiger partial charge in [0.15, 0.2) is 5.84 Å². The molecule has 1 aromatic rings. The lowest BCUT2D eigenvalue weighted by atomic mass is 10.1. The van der Waals surface area contributed by atoms with Crippen molar-refractivity contribution in [1.29, 1.82) is 5.41 Å². The molecule has 4 nitrogen and oxygen atoms in total. The number of benzene rings is 1. The Morgan fingerprint density at radius 1 is 1.40 bits per heavy atom. The lowest BCUT2D eigenvalue weighted by molar-refractivity contribution is 0.242. The van der Waals surface area contributed by atoms with E-state index >= 15 is 0 Å². The van der Waals surface area contributed by atoms with Gasteiger partial charge in [0.1, 0.15) is 11.6 Å². The van der Waals surface area contributed by atoms with Gasteiger partial charge in [-0.25, -0.2) is 4.99 Å². The van der Waals surface area contributed by atoms with Crippen LogP contribution in [0.2, 0.25) is 0 Å². The third-order valence-electron chi connectivity index (χ3n) is 2.13. The van der Waals surface area contributed by atoms with Crippen molar-refractivity contribution < 1.29 is 4.74 Å². The van der Waals surface area contributed by atoms with Crippen LogP contribution in [0, 0.1) is 5.41 Å². The number of hydrogen-bond donors (Lipinski definition) is 2. The van der Waals surface area contributed by atoms with Gasteiger partial charge in [0.2, 0.25) is 0 Å². The van der Waals surface area contributed by atoms with E-state index in [9.17, 15) is 0 Å². The van der Waals surface area contributed by atoms with Crippen LogP contribution in [0.1, 0.15) is 25.0 Å². The molecule has 0 saturated carbocycles. The van der Waals surface area contributed by atoms with E-state index in [4.69, 9.17) is 15.9 Å². The predicted octanol–water partition coefficient (Wildman–Crippen LogP) is 1.52. The summed E-state index contributed by atoms with van der Waals surface area (Å²) in [5.74, 6) is 1.27. The van der Waals surface area contributed by atoms with Crippen LogP contribution < -0.4 is 10.5 Å². The normalized spacial score (nSPS) is 14.1. The van der Waals surface area contributed by atoms with Gasteiger partial charge in [-0.1, -0.05) is 12.1 Å². The van der Waals surface area contributed by atoms with Gasteiger partial charge in [0.05, 0.1) is 11.7 Å². The van der Waals surface area contributed by atoms with Crippen LogP contribution in [0.3, 0.4) is 0 Å². The Bertz CT molecular complexity index is 449. The number of nitrogens with zero attached hydrogens (tertiary/aromatic N) is 1. The summed E-state index contributed by atoms with van der Waals surface area (Å²) in [5, 5.41) is 7.62. The van der Waals surface area contributed by atoms with Crippen LogP contribution in [0.4, 0.5) is 0 Å². The highest BCUT2D eigenvalue weighted by Gasteiger charge is 2.22. The molecule has 0 spiro atoms. The topological polar surface area (TPSA) is 71.5 Å². The first-order valence-corrected chi connectivity index (χ1v) is 4.82. The van der Waals surface area contributed by atoms with Crippen molar-refractivity contribution in [2.75, 3.05) is 0 Å². The van der Waals surface area contributed by atoms with E-state index in [0.717, 1.165) is 11.1 Å². The van der Waals surface area contributed by atoms with Gasteiger partial charge in [0, 0.05) is 5.56 Å². The molecule has 1 aliphatic rings. The molecule has 0 aliphatic carbocycles. The molecule has 0 aromatic heterocycles. The van der Waals surface area contributed by atoms with Crippen molar-refractivity contribution in [3.05, 3.63) is 29.3 Å². The van der Waals surface area contributed by atoms with Gasteiger partial charge in [-0.2, -0.15) is 0 Å². The van der Waals surface area contributed by atoms with Gasteiger partial charge in [-0.05, 0) is 19.9 Å². The van der Waals surface area contributed by atoms with Crippen LogP contribution in [0.15, 0.2) is 23.2 Å².